The Morgan fingerprint density at radius 2 is 1.30 bits per heavy atom. The van der Waals surface area contributed by atoms with E-state index in [0.717, 1.165) is 6.08 Å². The fraction of sp³-hybridized carbons (Fsp3) is 0.231. The second-order valence-electron chi connectivity index (χ2n) is 4.92. The van der Waals surface area contributed by atoms with Crippen molar-refractivity contribution in [2.24, 2.45) is 22.9 Å². The maximum absolute atomic E-state index is 13.1. The van der Waals surface area contributed by atoms with Crippen molar-refractivity contribution in [2.75, 3.05) is 0 Å². The third-order valence-electron chi connectivity index (χ3n) is 2.94. The molecule has 0 bridgehead atoms. The summed E-state index contributed by atoms with van der Waals surface area (Å²) in [6.07, 6.45) is 4.53. The van der Waals surface area contributed by atoms with Gasteiger partial charge in [-0.15, -0.1) is 0 Å². The van der Waals surface area contributed by atoms with Gasteiger partial charge in [-0.2, -0.15) is 13.2 Å². The zero-order chi connectivity index (χ0) is 15.2. The Hall–Kier alpha value is -1.67. The van der Waals surface area contributed by atoms with Crippen molar-refractivity contribution in [3.63, 3.8) is 0 Å². The third-order valence-corrected chi connectivity index (χ3v) is 2.94. The summed E-state index contributed by atoms with van der Waals surface area (Å²) in [6, 6.07) is 0. The number of nitrogens with two attached hydrogens (primary N) is 4. The fourth-order valence-electron chi connectivity index (χ4n) is 1.94. The minimum absolute atomic E-state index is 0.0213. The maximum atomic E-state index is 13.1. The molecule has 0 unspecified atom stereocenters. The van der Waals surface area contributed by atoms with E-state index in [4.69, 9.17) is 22.9 Å². The van der Waals surface area contributed by atoms with E-state index in [1.807, 2.05) is 0 Å². The zero-order valence-corrected chi connectivity index (χ0v) is 10.5. The predicted molar refractivity (Wildman–Crippen MR) is 70.8 cm³/mol. The normalized spacial score (nSPS) is 24.1. The van der Waals surface area contributed by atoms with Gasteiger partial charge < -0.3 is 22.9 Å². The first-order valence-electron chi connectivity index (χ1n) is 5.78. The highest BCUT2D eigenvalue weighted by atomic mass is 19.4. The molecule has 0 fully saturated rings. The van der Waals surface area contributed by atoms with Crippen LogP contribution in [0.1, 0.15) is 0 Å². The van der Waals surface area contributed by atoms with Gasteiger partial charge in [-0.25, -0.2) is 0 Å². The first kappa shape index (κ1) is 14.7. The maximum Gasteiger partial charge on any atom is 0.416 e. The molecule has 0 radical (unpaired) electrons. The van der Waals surface area contributed by atoms with E-state index in [2.05, 4.69) is 0 Å². The van der Waals surface area contributed by atoms with Crippen LogP contribution in [0.25, 0.3) is 0 Å². The van der Waals surface area contributed by atoms with Crippen LogP contribution >= 0.6 is 0 Å². The van der Waals surface area contributed by atoms with Crippen LogP contribution in [-0.4, -0.2) is 17.5 Å². The standard InChI is InChI=1S/C13H15F3N4/c14-13(15,16)10-7-12(19,20)6-3-9(10)8-1-4-11(17,18)5-2-8/h1-7H,17-20H2. The summed E-state index contributed by atoms with van der Waals surface area (Å²) in [5.41, 5.74) is 18.9. The summed E-state index contributed by atoms with van der Waals surface area (Å²) in [5, 5.41) is 0. The van der Waals surface area contributed by atoms with Crippen LogP contribution in [0.2, 0.25) is 0 Å². The molecule has 0 heterocycles. The third kappa shape index (κ3) is 3.07. The molecule has 2 aliphatic rings. The van der Waals surface area contributed by atoms with E-state index in [9.17, 15) is 13.2 Å². The number of alkyl halides is 3. The van der Waals surface area contributed by atoms with Gasteiger partial charge in [0.1, 0.15) is 11.3 Å². The highest BCUT2D eigenvalue weighted by molar-refractivity contribution is 5.58. The van der Waals surface area contributed by atoms with Gasteiger partial charge in [0, 0.05) is 0 Å². The Balaban J connectivity index is 2.52. The minimum Gasteiger partial charge on any atom is -0.307 e. The van der Waals surface area contributed by atoms with Crippen LogP contribution in [0, 0.1) is 0 Å². The molecule has 0 aromatic rings. The lowest BCUT2D eigenvalue weighted by molar-refractivity contribution is -0.0897. The van der Waals surface area contributed by atoms with Crippen molar-refractivity contribution < 1.29 is 13.2 Å². The summed E-state index contributed by atoms with van der Waals surface area (Å²) in [6.45, 7) is 0. The van der Waals surface area contributed by atoms with Gasteiger partial charge >= 0.3 is 6.18 Å². The lowest BCUT2D eigenvalue weighted by Gasteiger charge is -2.27. The smallest absolute Gasteiger partial charge is 0.307 e. The molecule has 2 rings (SSSR count). The van der Waals surface area contributed by atoms with Gasteiger partial charge in [-0.3, -0.25) is 0 Å². The lowest BCUT2D eigenvalue weighted by atomic mass is 9.88. The molecule has 4 nitrogen and oxygen atoms in total. The van der Waals surface area contributed by atoms with E-state index in [1.54, 1.807) is 0 Å². The van der Waals surface area contributed by atoms with Crippen molar-refractivity contribution in [1.29, 1.82) is 0 Å². The average Bonchev–Trinajstić information content (AvgIpc) is 2.27. The zero-order valence-electron chi connectivity index (χ0n) is 10.5. The van der Waals surface area contributed by atoms with Gasteiger partial charge in [-0.05, 0) is 35.5 Å². The summed E-state index contributed by atoms with van der Waals surface area (Å²) < 4.78 is 39.3. The summed E-state index contributed by atoms with van der Waals surface area (Å²) in [5.74, 6) is 0. The molecular formula is C13H15F3N4. The molecule has 0 aromatic heterocycles. The second kappa shape index (κ2) is 4.42. The Kier molecular flexibility index (Phi) is 3.26. The second-order valence-corrected chi connectivity index (χ2v) is 4.92. The van der Waals surface area contributed by atoms with Gasteiger partial charge in [0.25, 0.3) is 0 Å². The van der Waals surface area contributed by atoms with Gasteiger partial charge in [-0.1, -0.05) is 18.2 Å². The molecular weight excluding hydrogens is 269 g/mol. The average molecular weight is 284 g/mol. The molecule has 0 aromatic carbocycles. The number of rotatable bonds is 0. The van der Waals surface area contributed by atoms with Crippen molar-refractivity contribution >= 4 is 0 Å². The van der Waals surface area contributed by atoms with Crippen molar-refractivity contribution in [3.05, 3.63) is 59.3 Å². The predicted octanol–water partition coefficient (Wildman–Crippen LogP) is 0.695. The molecule has 0 amide bonds. The number of allylic oxidation sites excluding steroid dienone is 6. The largest absolute Gasteiger partial charge is 0.416 e. The Bertz CT molecular complexity index is 557. The first-order valence-corrected chi connectivity index (χ1v) is 5.78. The number of halogens is 3. The van der Waals surface area contributed by atoms with Crippen molar-refractivity contribution in [3.8, 4) is 0 Å². The van der Waals surface area contributed by atoms with Crippen LogP contribution < -0.4 is 22.9 Å². The van der Waals surface area contributed by atoms with E-state index < -0.39 is 23.1 Å². The van der Waals surface area contributed by atoms with E-state index in [1.165, 1.54) is 36.5 Å². The number of hydrogen-bond acceptors (Lipinski definition) is 4. The van der Waals surface area contributed by atoms with Crippen LogP contribution in [0.3, 0.4) is 0 Å². The molecule has 20 heavy (non-hydrogen) atoms. The molecule has 0 aliphatic heterocycles. The van der Waals surface area contributed by atoms with E-state index in [0.29, 0.717) is 5.57 Å². The first-order chi connectivity index (χ1) is 9.00. The van der Waals surface area contributed by atoms with Crippen LogP contribution in [0.15, 0.2) is 59.3 Å². The molecule has 8 N–H and O–H groups in total. The SMILES string of the molecule is NC1(N)C=CC(=C2C=CC(N)(N)C=C2C(F)(F)F)C=C1. The highest BCUT2D eigenvalue weighted by Crippen LogP contribution is 2.37. The highest BCUT2D eigenvalue weighted by Gasteiger charge is 2.39. The van der Waals surface area contributed by atoms with Crippen molar-refractivity contribution in [1.82, 2.24) is 0 Å². The topological polar surface area (TPSA) is 104 Å². The van der Waals surface area contributed by atoms with Crippen molar-refractivity contribution in [2.45, 2.75) is 17.5 Å². The molecule has 108 valence electrons. The molecule has 7 heteroatoms. The summed E-state index contributed by atoms with van der Waals surface area (Å²) in [7, 11) is 0. The van der Waals surface area contributed by atoms with Crippen LogP contribution in [-0.2, 0) is 0 Å². The Morgan fingerprint density at radius 1 is 0.800 bits per heavy atom. The summed E-state index contributed by atoms with van der Waals surface area (Å²) >= 11 is 0. The Labute approximate surface area is 114 Å². The molecule has 0 saturated carbocycles. The monoisotopic (exact) mass is 284 g/mol. The van der Waals surface area contributed by atoms with Crippen LogP contribution in [0.5, 0.6) is 0 Å². The molecule has 0 saturated heterocycles. The van der Waals surface area contributed by atoms with E-state index in [-0.39, 0.29) is 5.57 Å². The van der Waals surface area contributed by atoms with Gasteiger partial charge in [0.05, 0.1) is 5.57 Å². The number of hydrogen-bond donors (Lipinski definition) is 4. The van der Waals surface area contributed by atoms with Gasteiger partial charge in [0.15, 0.2) is 0 Å². The quantitative estimate of drug-likeness (QED) is 0.491. The Morgan fingerprint density at radius 3 is 1.80 bits per heavy atom. The molecule has 2 aliphatic carbocycles. The lowest BCUT2D eigenvalue weighted by Crippen LogP contribution is -2.47. The van der Waals surface area contributed by atoms with Gasteiger partial charge in [0.2, 0.25) is 0 Å². The minimum atomic E-state index is -4.56. The molecule has 0 atom stereocenters. The molecule has 0 spiro atoms. The van der Waals surface area contributed by atoms with E-state index >= 15 is 0 Å². The van der Waals surface area contributed by atoms with Crippen LogP contribution in [0.4, 0.5) is 13.2 Å². The summed E-state index contributed by atoms with van der Waals surface area (Å²) in [4.78, 5) is 0. The fourth-order valence-corrected chi connectivity index (χ4v) is 1.94.